The van der Waals surface area contributed by atoms with Gasteiger partial charge in [0, 0.05) is 19.6 Å². The van der Waals surface area contributed by atoms with Crippen LogP contribution in [0.2, 0.25) is 0 Å². The Hall–Kier alpha value is -0.0800. The quantitative estimate of drug-likeness (QED) is 0.419. The maximum absolute atomic E-state index is 5.63. The van der Waals surface area contributed by atoms with Crippen LogP contribution in [0.5, 0.6) is 0 Å². The summed E-state index contributed by atoms with van der Waals surface area (Å²) in [6.45, 7) is 9.76. The SMILES string of the molecule is CCCCCCC(C)(OCC)OCC. The highest BCUT2D eigenvalue weighted by molar-refractivity contribution is 4.63. The molecule has 0 saturated heterocycles. The zero-order chi connectivity index (χ0) is 10.9. The molecule has 0 aromatic rings. The number of rotatable bonds is 9. The second kappa shape index (κ2) is 8.25. The van der Waals surface area contributed by atoms with Gasteiger partial charge in [-0.25, -0.2) is 0 Å². The Balaban J connectivity index is 3.71. The van der Waals surface area contributed by atoms with Crippen LogP contribution in [0.15, 0.2) is 0 Å². The average molecular weight is 202 g/mol. The molecule has 0 radical (unpaired) electrons. The van der Waals surface area contributed by atoms with Gasteiger partial charge in [-0.1, -0.05) is 26.2 Å². The van der Waals surface area contributed by atoms with Crippen molar-refractivity contribution >= 4 is 0 Å². The van der Waals surface area contributed by atoms with E-state index in [1.807, 2.05) is 20.8 Å². The molecule has 0 aromatic heterocycles. The van der Waals surface area contributed by atoms with Gasteiger partial charge in [0.2, 0.25) is 0 Å². The van der Waals surface area contributed by atoms with Gasteiger partial charge in [-0.2, -0.15) is 0 Å². The zero-order valence-corrected chi connectivity index (χ0v) is 10.3. The summed E-state index contributed by atoms with van der Waals surface area (Å²) >= 11 is 0. The molecule has 2 heteroatoms. The largest absolute Gasteiger partial charge is 0.351 e. The van der Waals surface area contributed by atoms with Crippen LogP contribution in [0.3, 0.4) is 0 Å². The molecule has 0 fully saturated rings. The fourth-order valence-electron chi connectivity index (χ4n) is 1.67. The van der Waals surface area contributed by atoms with E-state index >= 15 is 0 Å². The molecule has 0 N–H and O–H groups in total. The lowest BCUT2D eigenvalue weighted by atomic mass is 10.1. The Kier molecular flexibility index (Phi) is 8.20. The van der Waals surface area contributed by atoms with Crippen molar-refractivity contribution in [3.63, 3.8) is 0 Å². The summed E-state index contributed by atoms with van der Waals surface area (Å²) in [5.41, 5.74) is 0. The van der Waals surface area contributed by atoms with E-state index in [0.717, 1.165) is 19.6 Å². The van der Waals surface area contributed by atoms with E-state index in [1.165, 1.54) is 25.7 Å². The van der Waals surface area contributed by atoms with Crippen LogP contribution < -0.4 is 0 Å². The molecule has 0 aliphatic carbocycles. The Bertz CT molecular complexity index is 117. The monoisotopic (exact) mass is 202 g/mol. The van der Waals surface area contributed by atoms with Crippen LogP contribution in [0.25, 0.3) is 0 Å². The standard InChI is InChI=1S/C12H26O2/c1-5-8-9-10-11-12(4,13-6-2)14-7-3/h5-11H2,1-4H3. The molecule has 0 aliphatic heterocycles. The highest BCUT2D eigenvalue weighted by atomic mass is 16.7. The summed E-state index contributed by atoms with van der Waals surface area (Å²) in [5, 5.41) is 0. The predicted octanol–water partition coefficient (Wildman–Crippen LogP) is 3.75. The Morgan fingerprint density at radius 2 is 1.43 bits per heavy atom. The Morgan fingerprint density at radius 1 is 0.857 bits per heavy atom. The molecule has 0 bridgehead atoms. The summed E-state index contributed by atoms with van der Waals surface area (Å²) in [6.07, 6.45) is 6.08. The number of unbranched alkanes of at least 4 members (excludes halogenated alkanes) is 3. The lowest BCUT2D eigenvalue weighted by Crippen LogP contribution is -2.32. The zero-order valence-electron chi connectivity index (χ0n) is 10.3. The van der Waals surface area contributed by atoms with Gasteiger partial charge < -0.3 is 9.47 Å². The number of ether oxygens (including phenoxy) is 2. The number of hydrogen-bond donors (Lipinski definition) is 0. The molecule has 0 amide bonds. The van der Waals surface area contributed by atoms with Crippen LogP contribution in [-0.2, 0) is 9.47 Å². The van der Waals surface area contributed by atoms with Gasteiger partial charge >= 0.3 is 0 Å². The molecule has 0 saturated carbocycles. The van der Waals surface area contributed by atoms with E-state index in [-0.39, 0.29) is 5.79 Å². The van der Waals surface area contributed by atoms with Crippen molar-refractivity contribution < 1.29 is 9.47 Å². The predicted molar refractivity (Wildman–Crippen MR) is 60.4 cm³/mol. The summed E-state index contributed by atoms with van der Waals surface area (Å²) in [5.74, 6) is -0.350. The molecule has 14 heavy (non-hydrogen) atoms. The fourth-order valence-corrected chi connectivity index (χ4v) is 1.67. The van der Waals surface area contributed by atoms with Crippen molar-refractivity contribution in [3.8, 4) is 0 Å². The first-order valence-corrected chi connectivity index (χ1v) is 5.96. The van der Waals surface area contributed by atoms with Crippen LogP contribution in [0, 0.1) is 0 Å². The maximum atomic E-state index is 5.63. The third-order valence-electron chi connectivity index (χ3n) is 2.38. The van der Waals surface area contributed by atoms with E-state index < -0.39 is 0 Å². The van der Waals surface area contributed by atoms with E-state index in [2.05, 4.69) is 6.92 Å². The van der Waals surface area contributed by atoms with Gasteiger partial charge in [0.1, 0.15) is 0 Å². The minimum atomic E-state index is -0.350. The Labute approximate surface area is 89.0 Å². The van der Waals surface area contributed by atoms with Crippen molar-refractivity contribution in [2.24, 2.45) is 0 Å². The van der Waals surface area contributed by atoms with E-state index in [0.29, 0.717) is 0 Å². The lowest BCUT2D eigenvalue weighted by molar-refractivity contribution is -0.225. The lowest BCUT2D eigenvalue weighted by Gasteiger charge is -2.29. The van der Waals surface area contributed by atoms with Crippen LogP contribution in [0.1, 0.15) is 59.8 Å². The topological polar surface area (TPSA) is 18.5 Å². The van der Waals surface area contributed by atoms with Crippen molar-refractivity contribution in [2.45, 2.75) is 65.6 Å². The van der Waals surface area contributed by atoms with Gasteiger partial charge in [-0.05, 0) is 27.2 Å². The smallest absolute Gasteiger partial charge is 0.165 e. The summed E-state index contributed by atoms with van der Waals surface area (Å²) < 4.78 is 11.3. The second-order valence-electron chi connectivity index (χ2n) is 3.81. The van der Waals surface area contributed by atoms with E-state index in [4.69, 9.17) is 9.47 Å². The highest BCUT2D eigenvalue weighted by Gasteiger charge is 2.23. The molecule has 86 valence electrons. The first-order valence-electron chi connectivity index (χ1n) is 5.96. The molecule has 0 aliphatic rings. The third-order valence-corrected chi connectivity index (χ3v) is 2.38. The third kappa shape index (κ3) is 6.39. The van der Waals surface area contributed by atoms with E-state index in [9.17, 15) is 0 Å². The molecular weight excluding hydrogens is 176 g/mol. The fraction of sp³-hybridized carbons (Fsp3) is 1.00. The van der Waals surface area contributed by atoms with E-state index in [1.54, 1.807) is 0 Å². The van der Waals surface area contributed by atoms with Gasteiger partial charge in [0.15, 0.2) is 5.79 Å². The molecule has 0 heterocycles. The van der Waals surface area contributed by atoms with Crippen molar-refractivity contribution in [2.75, 3.05) is 13.2 Å². The molecule has 2 nitrogen and oxygen atoms in total. The van der Waals surface area contributed by atoms with Crippen molar-refractivity contribution in [1.82, 2.24) is 0 Å². The minimum Gasteiger partial charge on any atom is -0.351 e. The highest BCUT2D eigenvalue weighted by Crippen LogP contribution is 2.21. The molecular formula is C12H26O2. The summed E-state index contributed by atoms with van der Waals surface area (Å²) in [6, 6.07) is 0. The van der Waals surface area contributed by atoms with Gasteiger partial charge in [-0.3, -0.25) is 0 Å². The molecule has 0 unspecified atom stereocenters. The molecule has 0 atom stereocenters. The van der Waals surface area contributed by atoms with Gasteiger partial charge in [0.05, 0.1) is 0 Å². The van der Waals surface area contributed by atoms with Crippen LogP contribution in [-0.4, -0.2) is 19.0 Å². The van der Waals surface area contributed by atoms with Crippen molar-refractivity contribution in [1.29, 1.82) is 0 Å². The summed E-state index contributed by atoms with van der Waals surface area (Å²) in [4.78, 5) is 0. The van der Waals surface area contributed by atoms with Crippen molar-refractivity contribution in [3.05, 3.63) is 0 Å². The first kappa shape index (κ1) is 13.9. The minimum absolute atomic E-state index is 0.350. The molecule has 0 spiro atoms. The number of hydrogen-bond acceptors (Lipinski definition) is 2. The summed E-state index contributed by atoms with van der Waals surface area (Å²) in [7, 11) is 0. The van der Waals surface area contributed by atoms with Crippen LogP contribution in [0.4, 0.5) is 0 Å². The Morgan fingerprint density at radius 3 is 1.86 bits per heavy atom. The average Bonchev–Trinajstić information content (AvgIpc) is 2.13. The molecule has 0 aromatic carbocycles. The molecule has 0 rings (SSSR count). The van der Waals surface area contributed by atoms with Gasteiger partial charge in [0.25, 0.3) is 0 Å². The van der Waals surface area contributed by atoms with Gasteiger partial charge in [-0.15, -0.1) is 0 Å². The van der Waals surface area contributed by atoms with Crippen LogP contribution >= 0.6 is 0 Å². The maximum Gasteiger partial charge on any atom is 0.165 e. The second-order valence-corrected chi connectivity index (χ2v) is 3.81. The first-order chi connectivity index (χ1) is 6.68. The normalized spacial score (nSPS) is 12.0.